The topological polar surface area (TPSA) is 50.2 Å². The predicted octanol–water partition coefficient (Wildman–Crippen LogP) is 3.91. The van der Waals surface area contributed by atoms with Crippen LogP contribution in [0.2, 0.25) is 0 Å². The van der Waals surface area contributed by atoms with Gasteiger partial charge in [-0.3, -0.25) is 4.68 Å². The largest absolute Gasteiger partial charge is 0.324 e. The molecule has 0 spiro atoms. The number of alkyl halides is 2. The fourth-order valence-electron chi connectivity index (χ4n) is 3.13. The molecule has 0 bridgehead atoms. The molecule has 1 saturated heterocycles. The van der Waals surface area contributed by atoms with Crippen molar-refractivity contribution in [2.24, 2.45) is 7.05 Å². The highest BCUT2D eigenvalue weighted by atomic mass is 19.3. The average molecular weight is 352 g/mol. The number of halogens is 3. The first-order valence-corrected chi connectivity index (χ1v) is 8.07. The van der Waals surface area contributed by atoms with Crippen LogP contribution in [0.1, 0.15) is 36.4 Å². The van der Waals surface area contributed by atoms with Gasteiger partial charge in [0.1, 0.15) is 5.82 Å². The molecule has 1 fully saturated rings. The smallest absolute Gasteiger partial charge is 0.321 e. The maximum absolute atomic E-state index is 13.3. The molecule has 0 radical (unpaired) electrons. The Bertz CT molecular complexity index is 754. The first-order valence-electron chi connectivity index (χ1n) is 8.07. The van der Waals surface area contributed by atoms with E-state index < -0.39 is 18.2 Å². The van der Waals surface area contributed by atoms with Gasteiger partial charge in [0.25, 0.3) is 6.43 Å². The van der Waals surface area contributed by atoms with Crippen LogP contribution in [0.4, 0.5) is 23.7 Å². The molecule has 0 saturated carbocycles. The summed E-state index contributed by atoms with van der Waals surface area (Å²) in [7, 11) is 1.52. The van der Waals surface area contributed by atoms with Gasteiger partial charge in [-0.25, -0.2) is 18.0 Å². The lowest BCUT2D eigenvalue weighted by Crippen LogP contribution is -2.40. The average Bonchev–Trinajstić information content (AvgIpc) is 2.95. The number of aromatic nitrogens is 2. The summed E-state index contributed by atoms with van der Waals surface area (Å²) in [6, 6.07) is 6.06. The number of rotatable bonds is 3. The second-order valence-corrected chi connectivity index (χ2v) is 6.15. The summed E-state index contributed by atoms with van der Waals surface area (Å²) in [5.41, 5.74) is 0.507. The summed E-state index contributed by atoms with van der Waals surface area (Å²) < 4.78 is 40.4. The van der Waals surface area contributed by atoms with Crippen molar-refractivity contribution in [2.45, 2.75) is 25.2 Å². The number of benzene rings is 1. The zero-order valence-corrected chi connectivity index (χ0v) is 13.8. The maximum atomic E-state index is 13.3. The molecule has 1 N–H and O–H groups in total. The van der Waals surface area contributed by atoms with Gasteiger partial charge in [-0.2, -0.15) is 5.10 Å². The van der Waals surface area contributed by atoms with Crippen LogP contribution in [0, 0.1) is 5.82 Å². The molecule has 0 unspecified atom stereocenters. The number of amides is 2. The highest BCUT2D eigenvalue weighted by Gasteiger charge is 2.26. The number of hydrogen-bond acceptors (Lipinski definition) is 2. The molecule has 2 amide bonds. The predicted molar refractivity (Wildman–Crippen MR) is 87.1 cm³/mol. The number of likely N-dealkylation sites (tertiary alicyclic amines) is 1. The third kappa shape index (κ3) is 3.94. The number of aryl methyl sites for hydroxylation is 1. The van der Waals surface area contributed by atoms with Crippen molar-refractivity contribution in [2.75, 3.05) is 18.4 Å². The van der Waals surface area contributed by atoms with Crippen LogP contribution >= 0.6 is 0 Å². The van der Waals surface area contributed by atoms with E-state index in [4.69, 9.17) is 0 Å². The highest BCUT2D eigenvalue weighted by molar-refractivity contribution is 5.89. The van der Waals surface area contributed by atoms with Gasteiger partial charge >= 0.3 is 6.03 Å². The van der Waals surface area contributed by atoms with E-state index in [0.29, 0.717) is 25.9 Å². The minimum absolute atomic E-state index is 0.0229. The molecule has 2 heterocycles. The fourth-order valence-corrected chi connectivity index (χ4v) is 3.13. The van der Waals surface area contributed by atoms with Crippen LogP contribution in [-0.4, -0.2) is 33.8 Å². The lowest BCUT2D eigenvalue weighted by atomic mass is 9.89. The molecule has 1 aliphatic heterocycles. The van der Waals surface area contributed by atoms with Crippen molar-refractivity contribution < 1.29 is 18.0 Å². The Morgan fingerprint density at radius 3 is 2.68 bits per heavy atom. The number of nitrogens with zero attached hydrogens (tertiary/aromatic N) is 3. The number of carbonyl (C=O) groups is 1. The Kier molecular flexibility index (Phi) is 4.96. The molecular formula is C17H19F3N4O. The molecule has 1 aromatic carbocycles. The van der Waals surface area contributed by atoms with Crippen LogP contribution < -0.4 is 5.32 Å². The third-order valence-corrected chi connectivity index (χ3v) is 4.41. The number of nitrogens with one attached hydrogen (secondary N) is 1. The molecule has 1 aliphatic rings. The van der Waals surface area contributed by atoms with Crippen molar-refractivity contribution >= 4 is 11.7 Å². The minimum Gasteiger partial charge on any atom is -0.324 e. The summed E-state index contributed by atoms with van der Waals surface area (Å²) in [5.74, 6) is -0.0801. The maximum Gasteiger partial charge on any atom is 0.321 e. The summed E-state index contributed by atoms with van der Waals surface area (Å²) >= 11 is 0. The van der Waals surface area contributed by atoms with Gasteiger partial charge in [0.05, 0.1) is 5.69 Å². The molecule has 134 valence electrons. The van der Waals surface area contributed by atoms with Crippen molar-refractivity contribution in [3.05, 3.63) is 47.5 Å². The molecule has 0 atom stereocenters. The normalized spacial score (nSPS) is 15.6. The number of urea groups is 1. The first-order chi connectivity index (χ1) is 11.9. The lowest BCUT2D eigenvalue weighted by Gasteiger charge is -2.32. The summed E-state index contributed by atoms with van der Waals surface area (Å²) in [5, 5.41) is 6.18. The number of hydrogen-bond donors (Lipinski definition) is 1. The van der Waals surface area contributed by atoms with Crippen LogP contribution in [0.15, 0.2) is 30.5 Å². The Morgan fingerprint density at radius 2 is 2.04 bits per heavy atom. The van der Waals surface area contributed by atoms with Gasteiger partial charge in [-0.15, -0.1) is 0 Å². The van der Waals surface area contributed by atoms with Gasteiger partial charge in [-0.1, -0.05) is 12.1 Å². The monoisotopic (exact) mass is 352 g/mol. The van der Waals surface area contributed by atoms with Crippen molar-refractivity contribution in [1.82, 2.24) is 14.7 Å². The van der Waals surface area contributed by atoms with Gasteiger partial charge in [-0.05, 0) is 36.5 Å². The van der Waals surface area contributed by atoms with Crippen molar-refractivity contribution in [3.8, 4) is 0 Å². The SMILES string of the molecule is Cn1cc(NC(=O)N2CCC(c3cccc(F)c3)CC2)c(C(F)F)n1. The second kappa shape index (κ2) is 7.16. The van der Waals surface area contributed by atoms with Crippen molar-refractivity contribution in [1.29, 1.82) is 0 Å². The van der Waals surface area contributed by atoms with Crippen molar-refractivity contribution in [3.63, 3.8) is 0 Å². The van der Waals surface area contributed by atoms with E-state index in [1.165, 1.54) is 30.1 Å². The molecule has 5 nitrogen and oxygen atoms in total. The van der Waals surface area contributed by atoms with Crippen LogP contribution in [0.25, 0.3) is 0 Å². The molecule has 3 rings (SSSR count). The first kappa shape index (κ1) is 17.3. The summed E-state index contributed by atoms with van der Waals surface area (Å²) in [6.07, 6.45) is 0.00561. The van der Waals surface area contributed by atoms with E-state index in [-0.39, 0.29) is 17.4 Å². The van der Waals surface area contributed by atoms with E-state index in [1.807, 2.05) is 6.07 Å². The Labute approximate surface area is 143 Å². The fraction of sp³-hybridized carbons (Fsp3) is 0.412. The Morgan fingerprint density at radius 1 is 1.32 bits per heavy atom. The molecule has 8 heteroatoms. The van der Waals surface area contributed by atoms with E-state index >= 15 is 0 Å². The van der Waals surface area contributed by atoms with E-state index in [2.05, 4.69) is 10.4 Å². The molecule has 0 aliphatic carbocycles. The van der Waals surface area contributed by atoms with Gasteiger partial charge < -0.3 is 10.2 Å². The second-order valence-electron chi connectivity index (χ2n) is 6.15. The van der Waals surface area contributed by atoms with E-state index in [9.17, 15) is 18.0 Å². The minimum atomic E-state index is -2.75. The van der Waals surface area contributed by atoms with Gasteiger partial charge in [0.2, 0.25) is 0 Å². The van der Waals surface area contributed by atoms with Crippen LogP contribution in [-0.2, 0) is 7.05 Å². The molecule has 1 aromatic heterocycles. The van der Waals surface area contributed by atoms with Gasteiger partial charge in [0.15, 0.2) is 5.69 Å². The van der Waals surface area contributed by atoms with E-state index in [1.54, 1.807) is 11.0 Å². The zero-order valence-electron chi connectivity index (χ0n) is 13.8. The van der Waals surface area contributed by atoms with E-state index in [0.717, 1.165) is 5.56 Å². The number of piperidine rings is 1. The van der Waals surface area contributed by atoms with Crippen LogP contribution in [0.3, 0.4) is 0 Å². The molecular weight excluding hydrogens is 333 g/mol. The number of carbonyl (C=O) groups excluding carboxylic acids is 1. The Balaban J connectivity index is 1.60. The van der Waals surface area contributed by atoms with Crippen LogP contribution in [0.5, 0.6) is 0 Å². The third-order valence-electron chi connectivity index (χ3n) is 4.41. The zero-order chi connectivity index (χ0) is 18.0. The number of anilines is 1. The van der Waals surface area contributed by atoms with Gasteiger partial charge in [0, 0.05) is 26.3 Å². The summed E-state index contributed by atoms with van der Waals surface area (Å²) in [6.45, 7) is 0.967. The molecule has 2 aromatic rings. The highest BCUT2D eigenvalue weighted by Crippen LogP contribution is 2.29. The quantitative estimate of drug-likeness (QED) is 0.911. The lowest BCUT2D eigenvalue weighted by molar-refractivity contribution is 0.146. The standard InChI is InChI=1S/C17H19F3N4O/c1-23-10-14(15(22-23)16(19)20)21-17(25)24-7-5-11(6-8-24)12-3-2-4-13(18)9-12/h2-4,9-11,16H,5-8H2,1H3,(H,21,25). The molecule has 25 heavy (non-hydrogen) atoms. The Hall–Kier alpha value is -2.51. The summed E-state index contributed by atoms with van der Waals surface area (Å²) in [4.78, 5) is 13.9.